The molecule has 1 amide bonds. The Balaban J connectivity index is 2.20. The lowest BCUT2D eigenvalue weighted by atomic mass is 9.96. The molecular weight excluding hydrogens is 356 g/mol. The summed E-state index contributed by atoms with van der Waals surface area (Å²) in [4.78, 5) is 26.4. The fourth-order valence-electron chi connectivity index (χ4n) is 3.10. The number of hydrogen-bond donors (Lipinski definition) is 1. The average Bonchev–Trinajstić information content (AvgIpc) is 2.63. The lowest BCUT2D eigenvalue weighted by Gasteiger charge is -2.31. The van der Waals surface area contributed by atoms with Crippen LogP contribution >= 0.6 is 0 Å². The summed E-state index contributed by atoms with van der Waals surface area (Å²) >= 11 is 0. The molecule has 1 aliphatic rings. The molecule has 7 nitrogen and oxygen atoms in total. The Morgan fingerprint density at radius 1 is 1.23 bits per heavy atom. The van der Waals surface area contributed by atoms with E-state index in [1.807, 2.05) is 0 Å². The lowest BCUT2D eigenvalue weighted by Crippen LogP contribution is -2.40. The zero-order chi connectivity index (χ0) is 19.5. The minimum absolute atomic E-state index is 0.116. The number of benzene rings is 1. The van der Waals surface area contributed by atoms with E-state index in [0.717, 1.165) is 5.56 Å². The smallest absolute Gasteiger partial charge is 0.309 e. The van der Waals surface area contributed by atoms with E-state index in [-0.39, 0.29) is 22.7 Å². The van der Waals surface area contributed by atoms with Crippen molar-refractivity contribution in [1.29, 1.82) is 0 Å². The summed E-state index contributed by atoms with van der Waals surface area (Å²) < 4.78 is 31.8. The third kappa shape index (κ3) is 4.24. The predicted octanol–water partition coefficient (Wildman–Crippen LogP) is 1.63. The van der Waals surface area contributed by atoms with E-state index in [1.54, 1.807) is 31.7 Å². The van der Waals surface area contributed by atoms with E-state index < -0.39 is 10.0 Å². The molecule has 0 aliphatic carbocycles. The molecule has 0 atom stereocenters. The summed E-state index contributed by atoms with van der Waals surface area (Å²) in [6.07, 6.45) is 1.11. The zero-order valence-corrected chi connectivity index (χ0v) is 16.5. The molecule has 0 aromatic heterocycles. The van der Waals surface area contributed by atoms with E-state index in [2.05, 4.69) is 4.72 Å². The van der Waals surface area contributed by atoms with Gasteiger partial charge in [-0.05, 0) is 63.9 Å². The van der Waals surface area contributed by atoms with Crippen LogP contribution in [0.1, 0.15) is 41.3 Å². The molecule has 0 spiro atoms. The minimum atomic E-state index is -3.65. The van der Waals surface area contributed by atoms with Crippen LogP contribution in [-0.2, 0) is 19.6 Å². The normalized spacial score (nSPS) is 15.8. The number of amides is 1. The predicted molar refractivity (Wildman–Crippen MR) is 97.4 cm³/mol. The Morgan fingerprint density at radius 3 is 2.38 bits per heavy atom. The molecule has 8 heteroatoms. The van der Waals surface area contributed by atoms with Crippen molar-refractivity contribution in [2.75, 3.05) is 26.7 Å². The molecule has 0 unspecified atom stereocenters. The van der Waals surface area contributed by atoms with Crippen LogP contribution in [0.3, 0.4) is 0 Å². The number of nitrogens with one attached hydrogen (secondary N) is 1. The van der Waals surface area contributed by atoms with Gasteiger partial charge in [-0.2, -0.15) is 0 Å². The Morgan fingerprint density at radius 2 is 1.85 bits per heavy atom. The SMILES string of the molecule is CCOC(=O)C1CCN(C(=O)c2cc(C)c(C)c(S(=O)(=O)NC)c2)CC1. The van der Waals surface area contributed by atoms with E-state index in [0.29, 0.717) is 43.7 Å². The van der Waals surface area contributed by atoms with Crippen molar-refractivity contribution >= 4 is 21.9 Å². The number of ether oxygens (including phenoxy) is 1. The van der Waals surface area contributed by atoms with Crippen LogP contribution in [0.4, 0.5) is 0 Å². The minimum Gasteiger partial charge on any atom is -0.466 e. The highest BCUT2D eigenvalue weighted by atomic mass is 32.2. The Bertz CT molecular complexity index is 796. The highest BCUT2D eigenvalue weighted by molar-refractivity contribution is 7.89. The molecule has 1 heterocycles. The van der Waals surface area contributed by atoms with Crippen molar-refractivity contribution in [3.8, 4) is 0 Å². The molecule has 1 aromatic rings. The average molecular weight is 382 g/mol. The van der Waals surface area contributed by atoms with Crippen molar-refractivity contribution < 1.29 is 22.7 Å². The van der Waals surface area contributed by atoms with Gasteiger partial charge in [-0.25, -0.2) is 13.1 Å². The second-order valence-electron chi connectivity index (χ2n) is 6.44. The number of carbonyl (C=O) groups is 2. The highest BCUT2D eigenvalue weighted by Gasteiger charge is 2.29. The fraction of sp³-hybridized carbons (Fsp3) is 0.556. The van der Waals surface area contributed by atoms with Gasteiger partial charge in [-0.3, -0.25) is 9.59 Å². The van der Waals surface area contributed by atoms with Gasteiger partial charge in [0.25, 0.3) is 5.91 Å². The monoisotopic (exact) mass is 382 g/mol. The summed E-state index contributed by atoms with van der Waals surface area (Å²) in [5.41, 5.74) is 1.71. The summed E-state index contributed by atoms with van der Waals surface area (Å²) in [6, 6.07) is 3.14. The van der Waals surface area contributed by atoms with Gasteiger partial charge in [0.2, 0.25) is 10.0 Å². The maximum atomic E-state index is 12.8. The largest absolute Gasteiger partial charge is 0.466 e. The first-order chi connectivity index (χ1) is 12.2. The molecule has 26 heavy (non-hydrogen) atoms. The molecule has 1 N–H and O–H groups in total. The highest BCUT2D eigenvalue weighted by Crippen LogP contribution is 2.24. The second kappa shape index (κ2) is 8.18. The maximum absolute atomic E-state index is 12.8. The van der Waals surface area contributed by atoms with Gasteiger partial charge in [-0.15, -0.1) is 0 Å². The number of likely N-dealkylation sites (tertiary alicyclic amines) is 1. The van der Waals surface area contributed by atoms with Gasteiger partial charge < -0.3 is 9.64 Å². The van der Waals surface area contributed by atoms with E-state index in [4.69, 9.17) is 4.74 Å². The van der Waals surface area contributed by atoms with Crippen LogP contribution < -0.4 is 4.72 Å². The van der Waals surface area contributed by atoms with Crippen molar-refractivity contribution in [3.05, 3.63) is 28.8 Å². The summed E-state index contributed by atoms with van der Waals surface area (Å²) in [5, 5.41) is 0. The van der Waals surface area contributed by atoms with E-state index in [9.17, 15) is 18.0 Å². The first kappa shape index (κ1) is 20.4. The summed E-state index contributed by atoms with van der Waals surface area (Å²) in [5.74, 6) is -0.616. The number of esters is 1. The summed E-state index contributed by atoms with van der Waals surface area (Å²) in [6.45, 7) is 6.52. The van der Waals surface area contributed by atoms with Crippen molar-refractivity contribution in [2.24, 2.45) is 5.92 Å². The van der Waals surface area contributed by atoms with Gasteiger partial charge in [0.05, 0.1) is 17.4 Å². The van der Waals surface area contributed by atoms with Crippen molar-refractivity contribution in [3.63, 3.8) is 0 Å². The number of sulfonamides is 1. The number of carbonyl (C=O) groups excluding carboxylic acids is 2. The Kier molecular flexibility index (Phi) is 6.41. The standard InChI is InChI=1S/C18H26N2O5S/c1-5-25-18(22)14-6-8-20(9-7-14)17(21)15-10-12(2)13(3)16(11-15)26(23,24)19-4/h10-11,14,19H,5-9H2,1-4H3. The molecule has 1 aromatic carbocycles. The number of hydrogen-bond acceptors (Lipinski definition) is 5. The molecule has 1 fully saturated rings. The molecule has 0 bridgehead atoms. The lowest BCUT2D eigenvalue weighted by molar-refractivity contribution is -0.149. The zero-order valence-electron chi connectivity index (χ0n) is 15.7. The molecule has 0 saturated carbocycles. The van der Waals surface area contributed by atoms with Crippen LogP contribution in [-0.4, -0.2) is 51.9 Å². The third-order valence-electron chi connectivity index (χ3n) is 4.83. The Labute approximate surface area is 154 Å². The van der Waals surface area contributed by atoms with Gasteiger partial charge in [0.15, 0.2) is 0 Å². The number of aryl methyl sites for hydroxylation is 1. The van der Waals surface area contributed by atoms with Crippen LogP contribution in [0.5, 0.6) is 0 Å². The maximum Gasteiger partial charge on any atom is 0.309 e. The quantitative estimate of drug-likeness (QED) is 0.782. The van der Waals surface area contributed by atoms with Crippen LogP contribution in [0.15, 0.2) is 17.0 Å². The van der Waals surface area contributed by atoms with Gasteiger partial charge in [-0.1, -0.05) is 0 Å². The Hall–Kier alpha value is -1.93. The van der Waals surface area contributed by atoms with Crippen LogP contribution in [0.25, 0.3) is 0 Å². The molecule has 144 valence electrons. The van der Waals surface area contributed by atoms with Gasteiger partial charge in [0, 0.05) is 18.7 Å². The van der Waals surface area contributed by atoms with Gasteiger partial charge >= 0.3 is 5.97 Å². The van der Waals surface area contributed by atoms with Crippen molar-refractivity contribution in [2.45, 2.75) is 38.5 Å². The van der Waals surface area contributed by atoms with Crippen molar-refractivity contribution in [1.82, 2.24) is 9.62 Å². The third-order valence-corrected chi connectivity index (χ3v) is 6.37. The topological polar surface area (TPSA) is 92.8 Å². The first-order valence-corrected chi connectivity index (χ1v) is 10.2. The van der Waals surface area contributed by atoms with Crippen LogP contribution in [0, 0.1) is 19.8 Å². The van der Waals surface area contributed by atoms with Gasteiger partial charge in [0.1, 0.15) is 0 Å². The van der Waals surface area contributed by atoms with E-state index >= 15 is 0 Å². The molecule has 1 saturated heterocycles. The number of rotatable bonds is 5. The molecule has 2 rings (SSSR count). The fourth-order valence-corrected chi connectivity index (χ4v) is 4.17. The second-order valence-corrected chi connectivity index (χ2v) is 8.30. The first-order valence-electron chi connectivity index (χ1n) is 8.72. The number of piperidine rings is 1. The molecular formula is C18H26N2O5S. The number of nitrogens with zero attached hydrogens (tertiary/aromatic N) is 1. The summed E-state index contributed by atoms with van der Waals surface area (Å²) in [7, 11) is -2.30. The molecule has 1 aliphatic heterocycles. The van der Waals surface area contributed by atoms with Crippen LogP contribution in [0.2, 0.25) is 0 Å². The molecule has 0 radical (unpaired) electrons. The van der Waals surface area contributed by atoms with E-state index in [1.165, 1.54) is 13.1 Å².